The maximum atomic E-state index is 9.11. The lowest BCUT2D eigenvalue weighted by atomic mass is 10.2. The maximum Gasteiger partial charge on any atom is 0.0884 e. The quantitative estimate of drug-likeness (QED) is 0.360. The van der Waals surface area contributed by atoms with Crippen molar-refractivity contribution in [2.24, 2.45) is 5.73 Å². The fourth-order valence-corrected chi connectivity index (χ4v) is 0.804. The van der Waals surface area contributed by atoms with Crippen LogP contribution >= 0.6 is 0 Å². The van der Waals surface area contributed by atoms with Crippen molar-refractivity contribution in [3.8, 4) is 0 Å². The van der Waals surface area contributed by atoms with Crippen LogP contribution in [0.25, 0.3) is 0 Å². The highest BCUT2D eigenvalue weighted by Crippen LogP contribution is 1.94. The second kappa shape index (κ2) is 2.96. The van der Waals surface area contributed by atoms with Gasteiger partial charge in [-0.2, -0.15) is 0 Å². The molecular weight excluding hydrogens is 116 g/mol. The van der Waals surface area contributed by atoms with Crippen LogP contribution in [0.2, 0.25) is 0 Å². The minimum Gasteiger partial charge on any atom is -0.387 e. The second-order valence-electron chi connectivity index (χ2n) is 2.24. The van der Waals surface area contributed by atoms with Gasteiger partial charge >= 0.3 is 0 Å². The van der Waals surface area contributed by atoms with Crippen LogP contribution in [0.1, 0.15) is 0 Å². The average Bonchev–Trinajstić information content (AvgIpc) is 1.99. The molecule has 0 aromatic heterocycles. The summed E-state index contributed by atoms with van der Waals surface area (Å²) in [5, 5.41) is 12.2. The molecule has 4 N–H and O–H groups in total. The van der Waals surface area contributed by atoms with Crippen LogP contribution in [0.5, 0.6) is 0 Å². The van der Waals surface area contributed by atoms with Gasteiger partial charge in [-0.05, 0) is 0 Å². The Kier molecular flexibility index (Phi) is 2.22. The molecule has 3 heteroatoms. The smallest absolute Gasteiger partial charge is 0.0884 e. The van der Waals surface area contributed by atoms with Crippen LogP contribution in [-0.4, -0.2) is 30.3 Å². The van der Waals surface area contributed by atoms with Crippen molar-refractivity contribution in [3.05, 3.63) is 12.2 Å². The Morgan fingerprint density at radius 3 is 3.22 bits per heavy atom. The molecule has 0 saturated heterocycles. The third-order valence-electron chi connectivity index (χ3n) is 1.41. The van der Waals surface area contributed by atoms with Gasteiger partial charge in [0.2, 0.25) is 0 Å². The van der Waals surface area contributed by atoms with Crippen LogP contribution < -0.4 is 11.1 Å². The first kappa shape index (κ1) is 6.74. The topological polar surface area (TPSA) is 58.3 Å². The van der Waals surface area contributed by atoms with E-state index in [1.54, 1.807) is 6.08 Å². The molecule has 0 bridgehead atoms. The van der Waals surface area contributed by atoms with Crippen LogP contribution in [0, 0.1) is 0 Å². The molecule has 9 heavy (non-hydrogen) atoms. The molecule has 52 valence electrons. The highest BCUT2D eigenvalue weighted by Gasteiger charge is 2.11. The number of nitrogens with one attached hydrogen (secondary N) is 1. The lowest BCUT2D eigenvalue weighted by molar-refractivity contribution is 0.192. The van der Waals surface area contributed by atoms with E-state index >= 15 is 0 Å². The third kappa shape index (κ3) is 1.78. The zero-order chi connectivity index (χ0) is 6.69. The number of hydrogen-bond donors (Lipinski definition) is 3. The number of rotatable bonds is 0. The van der Waals surface area contributed by atoms with Crippen molar-refractivity contribution in [1.29, 1.82) is 0 Å². The van der Waals surface area contributed by atoms with Gasteiger partial charge in [-0.1, -0.05) is 12.2 Å². The summed E-state index contributed by atoms with van der Waals surface area (Å²) < 4.78 is 0. The second-order valence-corrected chi connectivity index (χ2v) is 2.24. The van der Waals surface area contributed by atoms with Gasteiger partial charge in [-0.25, -0.2) is 0 Å². The highest BCUT2D eigenvalue weighted by molar-refractivity contribution is 4.98. The number of hydrogen-bond acceptors (Lipinski definition) is 3. The molecule has 0 saturated carbocycles. The number of aliphatic hydroxyl groups excluding tert-OH is 1. The van der Waals surface area contributed by atoms with Crippen molar-refractivity contribution >= 4 is 0 Å². The predicted molar refractivity (Wildman–Crippen MR) is 36.0 cm³/mol. The van der Waals surface area contributed by atoms with Gasteiger partial charge in [0.1, 0.15) is 0 Å². The molecule has 1 rings (SSSR count). The Morgan fingerprint density at radius 1 is 1.67 bits per heavy atom. The summed E-state index contributed by atoms with van der Waals surface area (Å²) in [6.07, 6.45) is 3.14. The third-order valence-corrected chi connectivity index (χ3v) is 1.41. The zero-order valence-corrected chi connectivity index (χ0v) is 5.25. The van der Waals surface area contributed by atoms with E-state index in [-0.39, 0.29) is 6.04 Å². The summed E-state index contributed by atoms with van der Waals surface area (Å²) in [6.45, 7) is 1.50. The lowest BCUT2D eigenvalue weighted by Gasteiger charge is -2.11. The molecule has 0 aromatic rings. The maximum absolute atomic E-state index is 9.11. The van der Waals surface area contributed by atoms with Crippen LogP contribution in [0.4, 0.5) is 0 Å². The molecule has 0 amide bonds. The molecule has 0 aliphatic carbocycles. The lowest BCUT2D eigenvalue weighted by Crippen LogP contribution is -2.40. The minimum atomic E-state index is -0.472. The average molecular weight is 128 g/mol. The van der Waals surface area contributed by atoms with Crippen molar-refractivity contribution in [2.45, 2.75) is 12.1 Å². The van der Waals surface area contributed by atoms with Crippen LogP contribution in [-0.2, 0) is 0 Å². The van der Waals surface area contributed by atoms with E-state index in [1.807, 2.05) is 6.08 Å². The predicted octanol–water partition coefficient (Wildman–Crippen LogP) is -1.17. The molecule has 0 aromatic carbocycles. The zero-order valence-electron chi connectivity index (χ0n) is 5.25. The molecule has 0 unspecified atom stereocenters. The Morgan fingerprint density at radius 2 is 2.44 bits per heavy atom. The van der Waals surface area contributed by atoms with Gasteiger partial charge in [-0.3, -0.25) is 0 Å². The first-order valence-corrected chi connectivity index (χ1v) is 3.12. The molecule has 0 spiro atoms. The normalized spacial score (nSPS) is 36.2. The first-order chi connectivity index (χ1) is 4.30. The summed E-state index contributed by atoms with van der Waals surface area (Å²) in [6, 6.07) is -0.149. The molecule has 0 radical (unpaired) electrons. The summed E-state index contributed by atoms with van der Waals surface area (Å²) in [7, 11) is 0. The van der Waals surface area contributed by atoms with E-state index in [4.69, 9.17) is 10.8 Å². The molecular formula is C6H12N2O. The summed E-state index contributed by atoms with van der Waals surface area (Å²) in [5.74, 6) is 0. The summed E-state index contributed by atoms with van der Waals surface area (Å²) in [4.78, 5) is 0. The van der Waals surface area contributed by atoms with Crippen molar-refractivity contribution in [2.75, 3.05) is 13.1 Å². The minimum absolute atomic E-state index is 0.149. The summed E-state index contributed by atoms with van der Waals surface area (Å²) in [5.41, 5.74) is 5.51. The van der Waals surface area contributed by atoms with E-state index in [0.717, 1.165) is 6.54 Å². The van der Waals surface area contributed by atoms with Gasteiger partial charge in [0, 0.05) is 19.1 Å². The fraction of sp³-hybridized carbons (Fsp3) is 0.667. The van der Waals surface area contributed by atoms with Crippen LogP contribution in [0.15, 0.2) is 12.2 Å². The van der Waals surface area contributed by atoms with Crippen molar-refractivity contribution < 1.29 is 5.11 Å². The monoisotopic (exact) mass is 128 g/mol. The molecule has 0 fully saturated rings. The molecule has 3 nitrogen and oxygen atoms in total. The Labute approximate surface area is 54.6 Å². The van der Waals surface area contributed by atoms with Gasteiger partial charge < -0.3 is 16.2 Å². The van der Waals surface area contributed by atoms with E-state index in [9.17, 15) is 0 Å². The fourth-order valence-electron chi connectivity index (χ4n) is 0.804. The molecule has 2 atom stereocenters. The highest BCUT2D eigenvalue weighted by atomic mass is 16.3. The first-order valence-electron chi connectivity index (χ1n) is 3.12. The van der Waals surface area contributed by atoms with E-state index < -0.39 is 6.10 Å². The SMILES string of the molecule is N[C@H]1CNCC=C[C@H]1O. The van der Waals surface area contributed by atoms with Gasteiger partial charge in [0.15, 0.2) is 0 Å². The van der Waals surface area contributed by atoms with Crippen molar-refractivity contribution in [1.82, 2.24) is 5.32 Å². The Balaban J connectivity index is 2.46. The van der Waals surface area contributed by atoms with E-state index in [1.165, 1.54) is 0 Å². The Hall–Kier alpha value is -0.380. The van der Waals surface area contributed by atoms with E-state index in [2.05, 4.69) is 5.32 Å². The molecule has 1 aliphatic heterocycles. The number of nitrogens with two attached hydrogens (primary N) is 1. The van der Waals surface area contributed by atoms with E-state index in [0.29, 0.717) is 6.54 Å². The van der Waals surface area contributed by atoms with Crippen LogP contribution in [0.3, 0.4) is 0 Å². The van der Waals surface area contributed by atoms with Gasteiger partial charge in [0.25, 0.3) is 0 Å². The van der Waals surface area contributed by atoms with Crippen molar-refractivity contribution in [3.63, 3.8) is 0 Å². The largest absolute Gasteiger partial charge is 0.387 e. The van der Waals surface area contributed by atoms with Gasteiger partial charge in [-0.15, -0.1) is 0 Å². The standard InChI is InChI=1S/C6H12N2O/c7-5-4-8-3-1-2-6(5)9/h1-2,5-6,8-9H,3-4,7H2/t5-,6+/m0/s1. The number of aliphatic hydroxyl groups is 1. The van der Waals surface area contributed by atoms with Gasteiger partial charge in [0.05, 0.1) is 6.10 Å². The molecule has 1 heterocycles. The summed E-state index contributed by atoms with van der Waals surface area (Å²) >= 11 is 0. The molecule has 1 aliphatic rings. The Bertz CT molecular complexity index is 114.